The number of furan rings is 1. The Morgan fingerprint density at radius 1 is 1.30 bits per heavy atom. The first kappa shape index (κ1) is 13.9. The van der Waals surface area contributed by atoms with E-state index >= 15 is 0 Å². The molecule has 0 radical (unpaired) electrons. The van der Waals surface area contributed by atoms with E-state index in [0.717, 1.165) is 17.9 Å². The Hall–Kier alpha value is -2.49. The molecule has 2 rings (SSSR count). The van der Waals surface area contributed by atoms with E-state index in [2.05, 4.69) is 12.2 Å². The summed E-state index contributed by atoms with van der Waals surface area (Å²) in [5.74, 6) is 1.24. The molecule has 2 aromatic rings. The van der Waals surface area contributed by atoms with Gasteiger partial charge in [0.05, 0.1) is 12.9 Å². The minimum absolute atomic E-state index is 0.205. The number of carbonyl (C=O) groups excluding carboxylic acids is 1. The summed E-state index contributed by atoms with van der Waals surface area (Å²) >= 11 is 0. The van der Waals surface area contributed by atoms with E-state index in [1.54, 1.807) is 24.5 Å². The van der Waals surface area contributed by atoms with Gasteiger partial charge in [0.1, 0.15) is 11.5 Å². The zero-order valence-electron chi connectivity index (χ0n) is 11.3. The molecule has 1 N–H and O–H groups in total. The zero-order valence-corrected chi connectivity index (χ0v) is 11.3. The number of rotatable bonds is 6. The topological polar surface area (TPSA) is 51.5 Å². The molecule has 104 valence electrons. The molecule has 0 saturated carbocycles. The Morgan fingerprint density at radius 2 is 2.10 bits per heavy atom. The average Bonchev–Trinajstić information content (AvgIpc) is 2.98. The minimum atomic E-state index is -0.205. The fraction of sp³-hybridized carbons (Fsp3) is 0.188. The van der Waals surface area contributed by atoms with Crippen molar-refractivity contribution in [3.05, 3.63) is 54.5 Å². The van der Waals surface area contributed by atoms with Crippen molar-refractivity contribution < 1.29 is 13.9 Å². The van der Waals surface area contributed by atoms with Crippen molar-refractivity contribution in [3.63, 3.8) is 0 Å². The summed E-state index contributed by atoms with van der Waals surface area (Å²) in [7, 11) is 0. The van der Waals surface area contributed by atoms with Gasteiger partial charge >= 0.3 is 0 Å². The first-order chi connectivity index (χ1) is 9.78. The van der Waals surface area contributed by atoms with E-state index in [4.69, 9.17) is 9.15 Å². The lowest BCUT2D eigenvalue weighted by molar-refractivity contribution is -0.111. The maximum Gasteiger partial charge on any atom is 0.248 e. The second-order valence-electron chi connectivity index (χ2n) is 4.21. The van der Waals surface area contributed by atoms with Crippen molar-refractivity contribution in [1.29, 1.82) is 0 Å². The number of hydrogen-bond acceptors (Lipinski definition) is 3. The lowest BCUT2D eigenvalue weighted by Gasteiger charge is -2.06. The van der Waals surface area contributed by atoms with Crippen LogP contribution in [0.3, 0.4) is 0 Å². The van der Waals surface area contributed by atoms with Gasteiger partial charge in [-0.05, 0) is 48.9 Å². The summed E-state index contributed by atoms with van der Waals surface area (Å²) in [6.07, 6.45) is 5.58. The zero-order chi connectivity index (χ0) is 14.2. The Labute approximate surface area is 118 Å². The Morgan fingerprint density at radius 3 is 2.75 bits per heavy atom. The molecule has 0 aliphatic heterocycles. The van der Waals surface area contributed by atoms with Crippen LogP contribution in [0.4, 0.5) is 5.69 Å². The Bertz CT molecular complexity index is 556. The first-order valence-electron chi connectivity index (χ1n) is 6.53. The maximum atomic E-state index is 11.7. The number of carbonyl (C=O) groups is 1. The molecule has 0 aliphatic rings. The van der Waals surface area contributed by atoms with E-state index in [9.17, 15) is 4.79 Å². The van der Waals surface area contributed by atoms with Gasteiger partial charge in [-0.2, -0.15) is 0 Å². The third-order valence-electron chi connectivity index (χ3n) is 2.54. The molecule has 0 fully saturated rings. The second kappa shape index (κ2) is 7.19. The highest BCUT2D eigenvalue weighted by Crippen LogP contribution is 2.16. The van der Waals surface area contributed by atoms with Gasteiger partial charge in [0.25, 0.3) is 0 Å². The summed E-state index contributed by atoms with van der Waals surface area (Å²) in [4.78, 5) is 11.7. The lowest BCUT2D eigenvalue weighted by atomic mass is 10.3. The molecule has 1 aromatic heterocycles. The summed E-state index contributed by atoms with van der Waals surface area (Å²) in [5, 5.41) is 2.76. The molecule has 0 bridgehead atoms. The molecule has 0 unspecified atom stereocenters. The standard InChI is InChI=1S/C16H17NO3/c1-2-11-19-15-7-5-13(6-8-15)17-16(18)10-9-14-4-3-12-20-14/h3-10,12H,2,11H2,1H3,(H,17,18)/b10-9+. The highest BCUT2D eigenvalue weighted by Gasteiger charge is 1.99. The summed E-state index contributed by atoms with van der Waals surface area (Å²) in [5.41, 5.74) is 0.725. The highest BCUT2D eigenvalue weighted by molar-refractivity contribution is 6.01. The van der Waals surface area contributed by atoms with Gasteiger partial charge in [-0.3, -0.25) is 4.79 Å². The molecule has 4 heteroatoms. The predicted molar refractivity (Wildman–Crippen MR) is 78.6 cm³/mol. The Kier molecular flexibility index (Phi) is 5.00. The maximum absolute atomic E-state index is 11.7. The lowest BCUT2D eigenvalue weighted by Crippen LogP contribution is -2.07. The van der Waals surface area contributed by atoms with Crippen molar-refractivity contribution in [2.24, 2.45) is 0 Å². The molecule has 1 heterocycles. The summed E-state index contributed by atoms with van der Waals surface area (Å²) in [6, 6.07) is 10.8. The number of hydrogen-bond donors (Lipinski definition) is 1. The average molecular weight is 271 g/mol. The van der Waals surface area contributed by atoms with Gasteiger partial charge in [-0.1, -0.05) is 6.92 Å². The van der Waals surface area contributed by atoms with Gasteiger partial charge < -0.3 is 14.5 Å². The van der Waals surface area contributed by atoms with E-state index < -0.39 is 0 Å². The van der Waals surface area contributed by atoms with Crippen LogP contribution in [0.15, 0.2) is 53.2 Å². The second-order valence-corrected chi connectivity index (χ2v) is 4.21. The third-order valence-corrected chi connectivity index (χ3v) is 2.54. The molecule has 1 amide bonds. The van der Waals surface area contributed by atoms with Crippen LogP contribution >= 0.6 is 0 Å². The number of nitrogens with one attached hydrogen (secondary N) is 1. The fourth-order valence-electron chi connectivity index (χ4n) is 1.58. The van der Waals surface area contributed by atoms with Gasteiger partial charge in [0.15, 0.2) is 0 Å². The fourth-order valence-corrected chi connectivity index (χ4v) is 1.58. The van der Waals surface area contributed by atoms with Crippen LogP contribution < -0.4 is 10.1 Å². The number of benzene rings is 1. The first-order valence-corrected chi connectivity index (χ1v) is 6.53. The van der Waals surface area contributed by atoms with Crippen LogP contribution in [0.1, 0.15) is 19.1 Å². The quantitative estimate of drug-likeness (QED) is 0.815. The number of amides is 1. The predicted octanol–water partition coefficient (Wildman–Crippen LogP) is 3.72. The molecule has 0 aliphatic carbocycles. The summed E-state index contributed by atoms with van der Waals surface area (Å²) in [6.45, 7) is 2.75. The van der Waals surface area contributed by atoms with E-state index in [-0.39, 0.29) is 5.91 Å². The van der Waals surface area contributed by atoms with Crippen molar-refractivity contribution in [2.75, 3.05) is 11.9 Å². The van der Waals surface area contributed by atoms with Crippen LogP contribution in [0.2, 0.25) is 0 Å². The largest absolute Gasteiger partial charge is 0.494 e. The van der Waals surface area contributed by atoms with Crippen LogP contribution in [0.25, 0.3) is 6.08 Å². The molecule has 20 heavy (non-hydrogen) atoms. The SMILES string of the molecule is CCCOc1ccc(NC(=O)/C=C/c2ccco2)cc1. The molecule has 0 saturated heterocycles. The monoisotopic (exact) mass is 271 g/mol. The molecular formula is C16H17NO3. The van der Waals surface area contributed by atoms with Gasteiger partial charge in [0, 0.05) is 11.8 Å². The normalized spacial score (nSPS) is 10.7. The molecule has 1 aromatic carbocycles. The van der Waals surface area contributed by atoms with Gasteiger partial charge in [-0.25, -0.2) is 0 Å². The van der Waals surface area contributed by atoms with E-state index in [1.807, 2.05) is 24.3 Å². The van der Waals surface area contributed by atoms with Crippen molar-refractivity contribution in [1.82, 2.24) is 0 Å². The van der Waals surface area contributed by atoms with Crippen LogP contribution in [-0.2, 0) is 4.79 Å². The molecule has 0 spiro atoms. The molecule has 4 nitrogen and oxygen atoms in total. The number of ether oxygens (including phenoxy) is 1. The number of anilines is 1. The third kappa shape index (κ3) is 4.31. The van der Waals surface area contributed by atoms with E-state index in [0.29, 0.717) is 12.4 Å². The molecular weight excluding hydrogens is 254 g/mol. The summed E-state index contributed by atoms with van der Waals surface area (Å²) < 4.78 is 10.6. The van der Waals surface area contributed by atoms with Crippen molar-refractivity contribution >= 4 is 17.7 Å². The minimum Gasteiger partial charge on any atom is -0.494 e. The van der Waals surface area contributed by atoms with Crippen LogP contribution in [-0.4, -0.2) is 12.5 Å². The van der Waals surface area contributed by atoms with Gasteiger partial charge in [0.2, 0.25) is 5.91 Å². The van der Waals surface area contributed by atoms with E-state index in [1.165, 1.54) is 6.08 Å². The van der Waals surface area contributed by atoms with Crippen molar-refractivity contribution in [3.8, 4) is 5.75 Å². The molecule has 0 atom stereocenters. The highest BCUT2D eigenvalue weighted by atomic mass is 16.5. The van der Waals surface area contributed by atoms with Crippen LogP contribution in [0, 0.1) is 0 Å². The van der Waals surface area contributed by atoms with Crippen LogP contribution in [0.5, 0.6) is 5.75 Å². The smallest absolute Gasteiger partial charge is 0.248 e. The Balaban J connectivity index is 1.87. The van der Waals surface area contributed by atoms with Gasteiger partial charge in [-0.15, -0.1) is 0 Å². The van der Waals surface area contributed by atoms with Crippen molar-refractivity contribution in [2.45, 2.75) is 13.3 Å².